The van der Waals surface area contributed by atoms with E-state index in [1.807, 2.05) is 32.0 Å². The Labute approximate surface area is 99.9 Å². The highest BCUT2D eigenvalue weighted by atomic mass is 16.4. The summed E-state index contributed by atoms with van der Waals surface area (Å²) >= 11 is 0. The molecule has 1 aliphatic heterocycles. The van der Waals surface area contributed by atoms with Crippen LogP contribution in [0.5, 0.6) is 0 Å². The van der Waals surface area contributed by atoms with Gasteiger partial charge in [0.25, 0.3) is 0 Å². The Hall–Kier alpha value is -1.84. The van der Waals surface area contributed by atoms with E-state index in [0.717, 1.165) is 16.8 Å². The van der Waals surface area contributed by atoms with Crippen LogP contribution < -0.4 is 4.90 Å². The zero-order valence-electron chi connectivity index (χ0n) is 9.93. The number of carbonyl (C=O) groups is 2. The molecule has 1 aromatic rings. The highest BCUT2D eigenvalue weighted by molar-refractivity contribution is 6.08. The van der Waals surface area contributed by atoms with Crippen molar-refractivity contribution in [3.8, 4) is 0 Å². The van der Waals surface area contributed by atoms with Gasteiger partial charge in [-0.3, -0.25) is 9.59 Å². The Balaban J connectivity index is 2.37. The summed E-state index contributed by atoms with van der Waals surface area (Å²) in [4.78, 5) is 24.5. The molecule has 1 unspecified atom stereocenters. The SMILES string of the molecule is Cc1cccc(C)c1N1CCC(C(=O)O)C1=O. The van der Waals surface area contributed by atoms with Crippen molar-refractivity contribution in [3.05, 3.63) is 29.3 Å². The number of carboxylic acids is 1. The van der Waals surface area contributed by atoms with Gasteiger partial charge in [0.05, 0.1) is 0 Å². The molecule has 0 saturated carbocycles. The monoisotopic (exact) mass is 233 g/mol. The number of para-hydroxylation sites is 1. The van der Waals surface area contributed by atoms with Gasteiger partial charge in [0, 0.05) is 12.2 Å². The summed E-state index contributed by atoms with van der Waals surface area (Å²) in [6.07, 6.45) is 0.391. The number of carbonyl (C=O) groups excluding carboxylic acids is 1. The number of aliphatic carboxylic acids is 1. The summed E-state index contributed by atoms with van der Waals surface area (Å²) in [6, 6.07) is 5.80. The molecule has 0 spiro atoms. The van der Waals surface area contributed by atoms with E-state index < -0.39 is 11.9 Å². The molecule has 2 rings (SSSR count). The molecule has 1 aliphatic rings. The predicted octanol–water partition coefficient (Wildman–Crippen LogP) is 1.74. The summed E-state index contributed by atoms with van der Waals surface area (Å²) in [7, 11) is 0. The van der Waals surface area contributed by atoms with Crippen molar-refractivity contribution < 1.29 is 14.7 Å². The Bertz CT molecular complexity index is 461. The van der Waals surface area contributed by atoms with E-state index in [2.05, 4.69) is 0 Å². The molecule has 1 atom stereocenters. The van der Waals surface area contributed by atoms with E-state index in [9.17, 15) is 9.59 Å². The van der Waals surface area contributed by atoms with Crippen molar-refractivity contribution in [3.63, 3.8) is 0 Å². The number of aryl methyl sites for hydroxylation is 2. The maximum atomic E-state index is 12.0. The molecule has 1 amide bonds. The van der Waals surface area contributed by atoms with Gasteiger partial charge in [-0.25, -0.2) is 0 Å². The molecule has 0 bridgehead atoms. The third-order valence-electron chi connectivity index (χ3n) is 3.21. The maximum absolute atomic E-state index is 12.0. The number of amides is 1. The molecule has 0 radical (unpaired) electrons. The molecule has 1 heterocycles. The van der Waals surface area contributed by atoms with Crippen molar-refractivity contribution in [2.24, 2.45) is 5.92 Å². The fourth-order valence-corrected chi connectivity index (χ4v) is 2.36. The van der Waals surface area contributed by atoms with Crippen LogP contribution in [-0.2, 0) is 9.59 Å². The van der Waals surface area contributed by atoms with Gasteiger partial charge in [-0.2, -0.15) is 0 Å². The number of anilines is 1. The zero-order chi connectivity index (χ0) is 12.6. The normalized spacial score (nSPS) is 19.8. The lowest BCUT2D eigenvalue weighted by atomic mass is 10.1. The van der Waals surface area contributed by atoms with Gasteiger partial charge < -0.3 is 10.0 Å². The zero-order valence-corrected chi connectivity index (χ0v) is 9.93. The lowest BCUT2D eigenvalue weighted by Gasteiger charge is -2.21. The fourth-order valence-electron chi connectivity index (χ4n) is 2.36. The van der Waals surface area contributed by atoms with Crippen molar-refractivity contribution in [1.29, 1.82) is 0 Å². The number of hydrogen-bond acceptors (Lipinski definition) is 2. The number of hydrogen-bond donors (Lipinski definition) is 1. The Kier molecular flexibility index (Phi) is 2.88. The van der Waals surface area contributed by atoms with Crippen molar-refractivity contribution in [2.45, 2.75) is 20.3 Å². The Morgan fingerprint density at radius 2 is 1.94 bits per heavy atom. The molecule has 4 nitrogen and oxygen atoms in total. The number of benzene rings is 1. The molecule has 1 fully saturated rings. The van der Waals surface area contributed by atoms with E-state index in [0.29, 0.717) is 13.0 Å². The van der Waals surface area contributed by atoms with E-state index in [4.69, 9.17) is 5.11 Å². The second kappa shape index (κ2) is 4.20. The lowest BCUT2D eigenvalue weighted by molar-refractivity contribution is -0.144. The number of nitrogens with zero attached hydrogens (tertiary/aromatic N) is 1. The standard InChI is InChI=1S/C13H15NO3/c1-8-4-3-5-9(2)11(8)14-7-6-10(12(14)15)13(16)17/h3-5,10H,6-7H2,1-2H3,(H,16,17). The van der Waals surface area contributed by atoms with Gasteiger partial charge >= 0.3 is 5.97 Å². The van der Waals surface area contributed by atoms with Crippen LogP contribution in [0.2, 0.25) is 0 Å². The lowest BCUT2D eigenvalue weighted by Crippen LogP contribution is -2.31. The average molecular weight is 233 g/mol. The van der Waals surface area contributed by atoms with Gasteiger partial charge in [-0.15, -0.1) is 0 Å². The predicted molar refractivity (Wildman–Crippen MR) is 64.0 cm³/mol. The average Bonchev–Trinajstić information content (AvgIpc) is 2.61. The summed E-state index contributed by atoms with van der Waals surface area (Å²) in [6.45, 7) is 4.36. The minimum absolute atomic E-state index is 0.296. The van der Waals surface area contributed by atoms with Crippen LogP contribution in [0.25, 0.3) is 0 Å². The van der Waals surface area contributed by atoms with Gasteiger partial charge in [0.2, 0.25) is 5.91 Å². The van der Waals surface area contributed by atoms with Crippen LogP contribution in [0.15, 0.2) is 18.2 Å². The molecule has 0 aliphatic carbocycles. The van der Waals surface area contributed by atoms with Crippen molar-refractivity contribution in [2.75, 3.05) is 11.4 Å². The van der Waals surface area contributed by atoms with Crippen molar-refractivity contribution in [1.82, 2.24) is 0 Å². The first-order chi connectivity index (χ1) is 8.02. The summed E-state index contributed by atoms with van der Waals surface area (Å²) in [5.74, 6) is -2.20. The molecule has 17 heavy (non-hydrogen) atoms. The number of rotatable bonds is 2. The van der Waals surface area contributed by atoms with E-state index in [1.54, 1.807) is 4.90 Å². The minimum Gasteiger partial charge on any atom is -0.481 e. The van der Waals surface area contributed by atoms with Gasteiger partial charge in [-0.05, 0) is 31.4 Å². The van der Waals surface area contributed by atoms with Crippen LogP contribution in [0.4, 0.5) is 5.69 Å². The first kappa shape index (κ1) is 11.6. The maximum Gasteiger partial charge on any atom is 0.316 e. The molecule has 1 N–H and O–H groups in total. The van der Waals surface area contributed by atoms with Gasteiger partial charge in [0.1, 0.15) is 5.92 Å². The number of carboxylic acid groups (broad SMARTS) is 1. The summed E-state index contributed by atoms with van der Waals surface area (Å²) < 4.78 is 0. The molecule has 1 saturated heterocycles. The molecule has 90 valence electrons. The Morgan fingerprint density at radius 1 is 1.35 bits per heavy atom. The second-order valence-electron chi connectivity index (χ2n) is 4.41. The van der Waals surface area contributed by atoms with Crippen LogP contribution in [0.1, 0.15) is 17.5 Å². The van der Waals surface area contributed by atoms with Crippen LogP contribution in [-0.4, -0.2) is 23.5 Å². The van der Waals surface area contributed by atoms with Crippen LogP contribution in [0, 0.1) is 19.8 Å². The molecular weight excluding hydrogens is 218 g/mol. The van der Waals surface area contributed by atoms with Crippen LogP contribution >= 0.6 is 0 Å². The highest BCUT2D eigenvalue weighted by Crippen LogP contribution is 2.30. The minimum atomic E-state index is -1.02. The van der Waals surface area contributed by atoms with Crippen LogP contribution in [0.3, 0.4) is 0 Å². The molecule has 1 aromatic carbocycles. The largest absolute Gasteiger partial charge is 0.481 e. The van der Waals surface area contributed by atoms with E-state index in [-0.39, 0.29) is 5.91 Å². The smallest absolute Gasteiger partial charge is 0.316 e. The van der Waals surface area contributed by atoms with Crippen molar-refractivity contribution >= 4 is 17.6 Å². The Morgan fingerprint density at radius 3 is 2.41 bits per heavy atom. The second-order valence-corrected chi connectivity index (χ2v) is 4.41. The van der Waals surface area contributed by atoms with Gasteiger partial charge in [0.15, 0.2) is 0 Å². The fraction of sp³-hybridized carbons (Fsp3) is 0.385. The molecule has 4 heteroatoms. The third-order valence-corrected chi connectivity index (χ3v) is 3.21. The summed E-state index contributed by atoms with van der Waals surface area (Å²) in [5, 5.41) is 8.94. The topological polar surface area (TPSA) is 57.6 Å². The van der Waals surface area contributed by atoms with Gasteiger partial charge in [-0.1, -0.05) is 18.2 Å². The summed E-state index contributed by atoms with van der Waals surface area (Å²) in [5.41, 5.74) is 2.87. The first-order valence-corrected chi connectivity index (χ1v) is 5.62. The molecular formula is C13H15NO3. The van der Waals surface area contributed by atoms with E-state index >= 15 is 0 Å². The highest BCUT2D eigenvalue weighted by Gasteiger charge is 2.38. The third kappa shape index (κ3) is 1.90. The quantitative estimate of drug-likeness (QED) is 0.791. The van der Waals surface area contributed by atoms with E-state index in [1.165, 1.54) is 0 Å². The first-order valence-electron chi connectivity index (χ1n) is 5.62. The molecule has 0 aromatic heterocycles.